The highest BCUT2D eigenvalue weighted by atomic mass is 32.2. The minimum Gasteiger partial charge on any atom is -0.397 e. The lowest BCUT2D eigenvalue weighted by atomic mass is 10.1. The highest BCUT2D eigenvalue weighted by Gasteiger charge is 2.26. The summed E-state index contributed by atoms with van der Waals surface area (Å²) < 4.78 is 26.0. The van der Waals surface area contributed by atoms with Gasteiger partial charge in [0.1, 0.15) is 0 Å². The van der Waals surface area contributed by atoms with Crippen LogP contribution in [0.2, 0.25) is 0 Å². The molecule has 2 rings (SSSR count). The number of hydrogen-bond donors (Lipinski definition) is 2. The Balaban J connectivity index is 2.86. The molecule has 0 saturated carbocycles. The molecule has 0 heterocycles. The molecule has 4 N–H and O–H groups in total. The molecule has 0 saturated heterocycles. The SMILES string of the molecule is Cc1cccc(S(=O)(=O)c2c(C)c(C)cc(N)c2N)c1C. The number of hydrogen-bond acceptors (Lipinski definition) is 4. The van der Waals surface area contributed by atoms with Crippen LogP contribution in [-0.4, -0.2) is 8.42 Å². The normalized spacial score (nSPS) is 11.6. The van der Waals surface area contributed by atoms with Crippen LogP contribution in [0.4, 0.5) is 11.4 Å². The molecule has 0 atom stereocenters. The van der Waals surface area contributed by atoms with Gasteiger partial charge in [-0.25, -0.2) is 8.42 Å². The smallest absolute Gasteiger partial charge is 0.209 e. The van der Waals surface area contributed by atoms with E-state index < -0.39 is 9.84 Å². The summed E-state index contributed by atoms with van der Waals surface area (Å²) in [6.07, 6.45) is 0. The molecule has 0 aliphatic carbocycles. The summed E-state index contributed by atoms with van der Waals surface area (Å²) in [5.74, 6) is 0. The van der Waals surface area contributed by atoms with Crippen molar-refractivity contribution in [2.45, 2.75) is 37.5 Å². The number of sulfone groups is 1. The molecule has 4 nitrogen and oxygen atoms in total. The van der Waals surface area contributed by atoms with Gasteiger partial charge in [0.25, 0.3) is 0 Å². The summed E-state index contributed by atoms with van der Waals surface area (Å²) in [5, 5.41) is 0. The minimum absolute atomic E-state index is 0.119. The highest BCUT2D eigenvalue weighted by Crippen LogP contribution is 2.36. The zero-order chi connectivity index (χ0) is 15.9. The van der Waals surface area contributed by atoms with Crippen molar-refractivity contribution in [1.29, 1.82) is 0 Å². The summed E-state index contributed by atoms with van der Waals surface area (Å²) >= 11 is 0. The molecule has 2 aromatic rings. The number of anilines is 2. The summed E-state index contributed by atoms with van der Waals surface area (Å²) in [5.41, 5.74) is 15.3. The molecule has 0 unspecified atom stereocenters. The van der Waals surface area contributed by atoms with Crippen molar-refractivity contribution in [3.8, 4) is 0 Å². The van der Waals surface area contributed by atoms with Crippen molar-refractivity contribution in [3.05, 3.63) is 46.5 Å². The fourth-order valence-corrected chi connectivity index (χ4v) is 4.42. The summed E-state index contributed by atoms with van der Waals surface area (Å²) in [7, 11) is -3.70. The van der Waals surface area contributed by atoms with Gasteiger partial charge in [-0.15, -0.1) is 0 Å². The average Bonchev–Trinajstić information content (AvgIpc) is 2.39. The quantitative estimate of drug-likeness (QED) is 0.835. The maximum absolute atomic E-state index is 13.0. The Morgan fingerprint density at radius 1 is 0.905 bits per heavy atom. The maximum Gasteiger partial charge on any atom is 0.209 e. The van der Waals surface area contributed by atoms with Crippen LogP contribution in [0.3, 0.4) is 0 Å². The molecule has 21 heavy (non-hydrogen) atoms. The Morgan fingerprint density at radius 3 is 2.14 bits per heavy atom. The Bertz CT molecular complexity index is 798. The lowest BCUT2D eigenvalue weighted by Crippen LogP contribution is -2.12. The molecular formula is C16H20N2O2S. The molecule has 0 aromatic heterocycles. The van der Waals surface area contributed by atoms with Crippen LogP contribution in [0.1, 0.15) is 22.3 Å². The molecule has 0 aliphatic heterocycles. The highest BCUT2D eigenvalue weighted by molar-refractivity contribution is 7.91. The fraction of sp³-hybridized carbons (Fsp3) is 0.250. The van der Waals surface area contributed by atoms with E-state index in [1.165, 1.54) is 0 Å². The zero-order valence-electron chi connectivity index (χ0n) is 12.7. The van der Waals surface area contributed by atoms with Gasteiger partial charge < -0.3 is 11.5 Å². The van der Waals surface area contributed by atoms with Crippen LogP contribution in [0.5, 0.6) is 0 Å². The molecule has 2 aromatic carbocycles. The summed E-state index contributed by atoms with van der Waals surface area (Å²) in [6, 6.07) is 6.93. The number of rotatable bonds is 2. The Labute approximate surface area is 125 Å². The van der Waals surface area contributed by atoms with Gasteiger partial charge in [0.2, 0.25) is 9.84 Å². The third-order valence-corrected chi connectivity index (χ3v) is 6.06. The average molecular weight is 304 g/mol. The first-order valence-corrected chi connectivity index (χ1v) is 8.12. The van der Waals surface area contributed by atoms with Crippen molar-refractivity contribution in [2.24, 2.45) is 0 Å². The lowest BCUT2D eigenvalue weighted by Gasteiger charge is -2.17. The van der Waals surface area contributed by atoms with Crippen molar-refractivity contribution in [3.63, 3.8) is 0 Å². The van der Waals surface area contributed by atoms with Gasteiger partial charge in [-0.2, -0.15) is 0 Å². The van der Waals surface area contributed by atoms with Crippen molar-refractivity contribution in [2.75, 3.05) is 11.5 Å². The van der Waals surface area contributed by atoms with Gasteiger partial charge in [-0.05, 0) is 62.1 Å². The fourth-order valence-electron chi connectivity index (χ4n) is 2.40. The second kappa shape index (κ2) is 5.07. The largest absolute Gasteiger partial charge is 0.397 e. The van der Waals surface area contributed by atoms with Crippen LogP contribution in [0.25, 0.3) is 0 Å². The Hall–Kier alpha value is -2.01. The summed E-state index contributed by atoms with van der Waals surface area (Å²) in [4.78, 5) is 0.399. The molecule has 0 amide bonds. The first kappa shape index (κ1) is 15.4. The van der Waals surface area contributed by atoms with Crippen LogP contribution < -0.4 is 11.5 Å². The Kier molecular flexibility index (Phi) is 3.72. The standard InChI is InChI=1S/C16H20N2O2S/c1-9-6-5-7-14(11(9)3)21(19,20)16-12(4)10(2)8-13(17)15(16)18/h5-8H,17-18H2,1-4H3. The van der Waals surface area contributed by atoms with E-state index in [0.29, 0.717) is 11.3 Å². The lowest BCUT2D eigenvalue weighted by molar-refractivity contribution is 0.595. The van der Waals surface area contributed by atoms with E-state index in [1.54, 1.807) is 32.0 Å². The third-order valence-electron chi connectivity index (χ3n) is 3.97. The molecule has 0 radical (unpaired) electrons. The molecule has 5 heteroatoms. The molecular weight excluding hydrogens is 284 g/mol. The topological polar surface area (TPSA) is 86.2 Å². The predicted molar refractivity (Wildman–Crippen MR) is 86.1 cm³/mol. The van der Waals surface area contributed by atoms with Crippen LogP contribution >= 0.6 is 0 Å². The Morgan fingerprint density at radius 2 is 1.52 bits per heavy atom. The van der Waals surface area contributed by atoms with E-state index in [9.17, 15) is 8.42 Å². The van der Waals surface area contributed by atoms with Crippen molar-refractivity contribution < 1.29 is 8.42 Å². The van der Waals surface area contributed by atoms with Crippen molar-refractivity contribution in [1.82, 2.24) is 0 Å². The van der Waals surface area contributed by atoms with Gasteiger partial charge in [0.05, 0.1) is 21.2 Å². The van der Waals surface area contributed by atoms with E-state index >= 15 is 0 Å². The second-order valence-electron chi connectivity index (χ2n) is 5.35. The number of nitrogens with two attached hydrogens (primary N) is 2. The first-order chi connectivity index (χ1) is 9.67. The van der Waals surface area contributed by atoms with Crippen LogP contribution in [0.15, 0.2) is 34.1 Å². The van der Waals surface area contributed by atoms with E-state index in [4.69, 9.17) is 11.5 Å². The second-order valence-corrected chi connectivity index (χ2v) is 7.21. The van der Waals surface area contributed by atoms with E-state index in [-0.39, 0.29) is 15.5 Å². The molecule has 0 aliphatic rings. The maximum atomic E-state index is 13.0. The van der Waals surface area contributed by atoms with E-state index in [0.717, 1.165) is 16.7 Å². The van der Waals surface area contributed by atoms with E-state index in [2.05, 4.69) is 0 Å². The van der Waals surface area contributed by atoms with Gasteiger partial charge in [-0.3, -0.25) is 0 Å². The van der Waals surface area contributed by atoms with Crippen LogP contribution in [0, 0.1) is 27.7 Å². The first-order valence-electron chi connectivity index (χ1n) is 6.64. The molecule has 0 fully saturated rings. The van der Waals surface area contributed by atoms with Crippen molar-refractivity contribution >= 4 is 21.2 Å². The number of nitrogen functional groups attached to an aromatic ring is 2. The number of aryl methyl sites for hydroxylation is 2. The molecule has 0 bridgehead atoms. The molecule has 112 valence electrons. The van der Waals surface area contributed by atoms with Gasteiger partial charge in [-0.1, -0.05) is 12.1 Å². The monoisotopic (exact) mass is 304 g/mol. The zero-order valence-corrected chi connectivity index (χ0v) is 13.5. The van der Waals surface area contributed by atoms with Gasteiger partial charge in [0, 0.05) is 0 Å². The van der Waals surface area contributed by atoms with Gasteiger partial charge >= 0.3 is 0 Å². The van der Waals surface area contributed by atoms with Crippen LogP contribution in [-0.2, 0) is 9.84 Å². The number of benzene rings is 2. The van der Waals surface area contributed by atoms with Gasteiger partial charge in [0.15, 0.2) is 0 Å². The summed E-state index contributed by atoms with van der Waals surface area (Å²) in [6.45, 7) is 7.26. The molecule has 0 spiro atoms. The third kappa shape index (κ3) is 2.38. The van der Waals surface area contributed by atoms with E-state index in [1.807, 2.05) is 19.9 Å². The predicted octanol–water partition coefficient (Wildman–Crippen LogP) is 2.92. The minimum atomic E-state index is -3.70.